The second-order valence-electron chi connectivity index (χ2n) is 5.91. The van der Waals surface area contributed by atoms with Crippen molar-refractivity contribution in [3.8, 4) is 0 Å². The van der Waals surface area contributed by atoms with Crippen molar-refractivity contribution in [3.63, 3.8) is 0 Å². The Morgan fingerprint density at radius 2 is 1.55 bits per heavy atom. The van der Waals surface area contributed by atoms with Crippen LogP contribution in [0.25, 0.3) is 0 Å². The maximum Gasteiger partial charge on any atom is 0.0941 e. The third-order valence-corrected chi connectivity index (χ3v) is 3.83. The normalized spacial score (nSPS) is 14.3. The number of anilines is 1. The van der Waals surface area contributed by atoms with Gasteiger partial charge in [-0.3, -0.25) is 0 Å². The Morgan fingerprint density at radius 1 is 1.00 bits per heavy atom. The van der Waals surface area contributed by atoms with Crippen molar-refractivity contribution < 1.29 is 0 Å². The molecule has 2 nitrogen and oxygen atoms in total. The van der Waals surface area contributed by atoms with Crippen LogP contribution in [-0.2, 0) is 0 Å². The smallest absolute Gasteiger partial charge is 0.0941 e. The Bertz CT molecular complexity index is 440. The van der Waals surface area contributed by atoms with Crippen LogP contribution in [0.1, 0.15) is 57.6 Å². The first-order chi connectivity index (χ1) is 9.04. The summed E-state index contributed by atoms with van der Waals surface area (Å²) in [7, 11) is 0. The van der Waals surface area contributed by atoms with E-state index in [4.69, 9.17) is 0 Å². The van der Waals surface area contributed by atoms with Gasteiger partial charge in [-0.05, 0) is 29.9 Å². The number of hydrogen-bond donors (Lipinski definition) is 0. The van der Waals surface area contributed by atoms with Crippen LogP contribution < -0.4 is 4.90 Å². The SMILES string of the molecule is Br.CCN1C=CN(c2c(C(C)C)cccc2C(C)C)C1. The van der Waals surface area contributed by atoms with E-state index in [9.17, 15) is 0 Å². The van der Waals surface area contributed by atoms with Gasteiger partial charge in [-0.1, -0.05) is 45.9 Å². The Morgan fingerprint density at radius 3 is 1.95 bits per heavy atom. The van der Waals surface area contributed by atoms with Crippen LogP contribution >= 0.6 is 17.0 Å². The van der Waals surface area contributed by atoms with E-state index >= 15 is 0 Å². The highest BCUT2D eigenvalue weighted by Crippen LogP contribution is 2.36. The zero-order valence-corrected chi connectivity index (χ0v) is 15.0. The topological polar surface area (TPSA) is 6.48 Å². The van der Waals surface area contributed by atoms with Crippen LogP contribution in [0, 0.1) is 0 Å². The molecular weight excluding hydrogens is 312 g/mol. The Balaban J connectivity index is 0.00000200. The molecule has 1 heterocycles. The van der Waals surface area contributed by atoms with Crippen molar-refractivity contribution in [1.29, 1.82) is 0 Å². The summed E-state index contributed by atoms with van der Waals surface area (Å²) in [5.41, 5.74) is 4.32. The molecule has 0 N–H and O–H groups in total. The molecule has 1 aliphatic heterocycles. The van der Waals surface area contributed by atoms with Crippen LogP contribution in [0.5, 0.6) is 0 Å². The van der Waals surface area contributed by atoms with Crippen molar-refractivity contribution in [1.82, 2.24) is 4.90 Å². The van der Waals surface area contributed by atoms with Crippen LogP contribution in [0.3, 0.4) is 0 Å². The molecular formula is C17H27BrN2. The van der Waals surface area contributed by atoms with E-state index in [2.05, 4.69) is 75.0 Å². The summed E-state index contributed by atoms with van der Waals surface area (Å²) in [6.07, 6.45) is 4.41. The van der Waals surface area contributed by atoms with Crippen molar-refractivity contribution in [3.05, 3.63) is 41.7 Å². The second kappa shape index (κ2) is 7.16. The molecule has 1 aromatic rings. The number of nitrogens with zero attached hydrogens (tertiary/aromatic N) is 2. The molecule has 1 aromatic carbocycles. The fourth-order valence-electron chi connectivity index (χ4n) is 2.66. The lowest BCUT2D eigenvalue weighted by molar-refractivity contribution is 0.429. The van der Waals surface area contributed by atoms with Crippen LogP contribution in [0.4, 0.5) is 5.69 Å². The lowest BCUT2D eigenvalue weighted by Crippen LogP contribution is -2.26. The molecule has 20 heavy (non-hydrogen) atoms. The van der Waals surface area contributed by atoms with E-state index in [0.29, 0.717) is 11.8 Å². The summed E-state index contributed by atoms with van der Waals surface area (Å²) in [6, 6.07) is 6.74. The lowest BCUT2D eigenvalue weighted by atomic mass is 9.92. The van der Waals surface area contributed by atoms with E-state index in [1.54, 1.807) is 0 Å². The predicted molar refractivity (Wildman–Crippen MR) is 93.8 cm³/mol. The minimum atomic E-state index is 0. The van der Waals surface area contributed by atoms with Gasteiger partial charge < -0.3 is 9.80 Å². The van der Waals surface area contributed by atoms with Crippen molar-refractivity contribution in [2.45, 2.75) is 46.5 Å². The number of hydrogen-bond acceptors (Lipinski definition) is 2. The molecule has 0 saturated carbocycles. The van der Waals surface area contributed by atoms with Gasteiger partial charge in [0.1, 0.15) is 0 Å². The van der Waals surface area contributed by atoms with Crippen LogP contribution in [-0.4, -0.2) is 18.1 Å². The van der Waals surface area contributed by atoms with Crippen LogP contribution in [0.15, 0.2) is 30.6 Å². The molecule has 0 aromatic heterocycles. The number of para-hydroxylation sites is 1. The maximum absolute atomic E-state index is 2.40. The van der Waals surface area contributed by atoms with Gasteiger partial charge in [-0.2, -0.15) is 0 Å². The monoisotopic (exact) mass is 338 g/mol. The van der Waals surface area contributed by atoms with E-state index in [1.165, 1.54) is 16.8 Å². The molecule has 0 unspecified atom stereocenters. The predicted octanol–water partition coefficient (Wildman–Crippen LogP) is 5.08. The molecule has 0 bridgehead atoms. The lowest BCUT2D eigenvalue weighted by Gasteiger charge is -2.28. The van der Waals surface area contributed by atoms with E-state index < -0.39 is 0 Å². The maximum atomic E-state index is 2.40. The number of rotatable bonds is 4. The molecule has 0 saturated heterocycles. The molecule has 0 atom stereocenters. The van der Waals surface area contributed by atoms with Crippen LogP contribution in [0.2, 0.25) is 0 Å². The first-order valence-corrected chi connectivity index (χ1v) is 7.36. The highest BCUT2D eigenvalue weighted by atomic mass is 79.9. The summed E-state index contributed by atoms with van der Waals surface area (Å²) < 4.78 is 0. The average molecular weight is 339 g/mol. The third-order valence-electron chi connectivity index (χ3n) is 3.83. The van der Waals surface area contributed by atoms with Gasteiger partial charge >= 0.3 is 0 Å². The van der Waals surface area contributed by atoms with Crippen molar-refractivity contribution in [2.75, 3.05) is 18.1 Å². The first kappa shape index (κ1) is 17.1. The van der Waals surface area contributed by atoms with Gasteiger partial charge in [0.05, 0.1) is 6.67 Å². The summed E-state index contributed by atoms with van der Waals surface area (Å²) in [5, 5.41) is 0. The van der Waals surface area contributed by atoms with Crippen molar-refractivity contribution in [2.24, 2.45) is 0 Å². The summed E-state index contributed by atoms with van der Waals surface area (Å²) in [4.78, 5) is 4.73. The zero-order valence-electron chi connectivity index (χ0n) is 13.3. The molecule has 0 aliphatic carbocycles. The molecule has 2 rings (SSSR count). The summed E-state index contributed by atoms with van der Waals surface area (Å²) >= 11 is 0. The van der Waals surface area contributed by atoms with Gasteiger partial charge in [-0.25, -0.2) is 0 Å². The second-order valence-corrected chi connectivity index (χ2v) is 5.91. The Labute approximate surface area is 134 Å². The summed E-state index contributed by atoms with van der Waals surface area (Å²) in [5.74, 6) is 1.11. The highest BCUT2D eigenvalue weighted by molar-refractivity contribution is 8.93. The minimum Gasteiger partial charge on any atom is -0.359 e. The molecule has 1 aliphatic rings. The molecule has 0 fully saturated rings. The van der Waals surface area contributed by atoms with E-state index in [0.717, 1.165) is 13.2 Å². The number of halogens is 1. The molecule has 112 valence electrons. The third kappa shape index (κ3) is 3.38. The largest absolute Gasteiger partial charge is 0.359 e. The van der Waals surface area contributed by atoms with E-state index in [1.807, 2.05) is 0 Å². The molecule has 0 amide bonds. The van der Waals surface area contributed by atoms with Gasteiger partial charge in [0.15, 0.2) is 0 Å². The Kier molecular flexibility index (Phi) is 6.12. The standard InChI is InChI=1S/C17H26N2.BrH/c1-6-18-10-11-19(12-18)17-15(13(2)3)8-7-9-16(17)14(4)5;/h7-11,13-14H,6,12H2,1-5H3;1H. The quantitative estimate of drug-likeness (QED) is 0.755. The molecule has 0 radical (unpaired) electrons. The molecule has 3 heteroatoms. The van der Waals surface area contributed by atoms with Gasteiger partial charge in [-0.15, -0.1) is 17.0 Å². The first-order valence-electron chi connectivity index (χ1n) is 7.36. The van der Waals surface area contributed by atoms with Gasteiger partial charge in [0.25, 0.3) is 0 Å². The molecule has 0 spiro atoms. The fourth-order valence-corrected chi connectivity index (χ4v) is 2.66. The minimum absolute atomic E-state index is 0. The van der Waals surface area contributed by atoms with Crippen molar-refractivity contribution >= 4 is 22.7 Å². The fraction of sp³-hybridized carbons (Fsp3) is 0.529. The zero-order chi connectivity index (χ0) is 14.0. The summed E-state index contributed by atoms with van der Waals surface area (Å²) in [6.45, 7) is 13.3. The van der Waals surface area contributed by atoms with Gasteiger partial charge in [0.2, 0.25) is 0 Å². The van der Waals surface area contributed by atoms with E-state index in [-0.39, 0.29) is 17.0 Å². The average Bonchev–Trinajstić information content (AvgIpc) is 2.86. The van der Waals surface area contributed by atoms with Gasteiger partial charge in [0, 0.05) is 24.6 Å². The highest BCUT2D eigenvalue weighted by Gasteiger charge is 2.21. The number of benzene rings is 1. The Hall–Kier alpha value is -0.960.